The Bertz CT molecular complexity index is 1370. The largest absolute Gasteiger partial charge is 0.529 e. The number of phosphoric acid groups is 2. The van der Waals surface area contributed by atoms with Crippen LogP contribution in [0.5, 0.6) is 17.2 Å². The van der Waals surface area contributed by atoms with Gasteiger partial charge in [-0.15, -0.1) is 0 Å². The highest BCUT2D eigenvalue weighted by Gasteiger charge is 2.42. The molecule has 0 spiro atoms. The molecule has 0 amide bonds. The molecule has 1 heterocycles. The van der Waals surface area contributed by atoms with Gasteiger partial charge >= 0.3 is 23.0 Å². The van der Waals surface area contributed by atoms with Gasteiger partial charge in [-0.05, 0) is 35.9 Å². The summed E-state index contributed by atoms with van der Waals surface area (Å²) in [6.07, 6.45) is 0. The van der Waals surface area contributed by atoms with Crippen LogP contribution in [0.2, 0.25) is 0 Å². The topological polar surface area (TPSA) is 116 Å². The predicted molar refractivity (Wildman–Crippen MR) is 130 cm³/mol. The number of hydrogen-bond acceptors (Lipinski definition) is 10. The minimum atomic E-state index is -4.05. The molecule has 0 saturated carbocycles. The van der Waals surface area contributed by atoms with Crippen molar-refractivity contribution in [1.82, 2.24) is 0 Å². The monoisotopic (exact) mass is 540 g/mol. The van der Waals surface area contributed by atoms with Gasteiger partial charge in [0.1, 0.15) is 17.2 Å². The number of para-hydroxylation sites is 1. The van der Waals surface area contributed by atoms with E-state index in [2.05, 4.69) is 0 Å². The van der Waals surface area contributed by atoms with Gasteiger partial charge in [0.15, 0.2) is 0 Å². The van der Waals surface area contributed by atoms with E-state index in [1.54, 1.807) is 24.3 Å². The van der Waals surface area contributed by atoms with Gasteiger partial charge in [0, 0.05) is 34.0 Å². The molecule has 186 valence electrons. The predicted octanol–water partition coefficient (Wildman–Crippen LogP) is 5.53. The molecule has 1 aliphatic heterocycles. The zero-order chi connectivity index (χ0) is 25.3. The Kier molecular flexibility index (Phi) is 7.28. The third-order valence-electron chi connectivity index (χ3n) is 5.19. The van der Waals surface area contributed by atoms with Crippen molar-refractivity contribution < 1.29 is 45.4 Å². The first-order valence-electron chi connectivity index (χ1n) is 10.2. The molecule has 13 heteroatoms. The fourth-order valence-electron chi connectivity index (χ4n) is 3.50. The first-order valence-corrected chi connectivity index (χ1v) is 14.7. The number of hydrogen-bond donors (Lipinski definition) is 0. The third-order valence-corrected chi connectivity index (χ3v) is 10.3. The van der Waals surface area contributed by atoms with Crippen LogP contribution in [0.1, 0.15) is 0 Å². The molecule has 1 unspecified atom stereocenters. The summed E-state index contributed by atoms with van der Waals surface area (Å²) in [7, 11) is -7.32. The van der Waals surface area contributed by atoms with Crippen molar-refractivity contribution in [3.05, 3.63) is 66.7 Å². The summed E-state index contributed by atoms with van der Waals surface area (Å²) in [5.41, 5.74) is 1.45. The van der Waals surface area contributed by atoms with Gasteiger partial charge in [-0.2, -0.15) is 0 Å². The van der Waals surface area contributed by atoms with Crippen LogP contribution >= 0.6 is 23.0 Å². The summed E-state index contributed by atoms with van der Waals surface area (Å²) in [4.78, 5) is 0. The quantitative estimate of drug-likeness (QED) is 0.321. The molecule has 1 aliphatic rings. The van der Waals surface area contributed by atoms with E-state index < -0.39 is 23.0 Å². The van der Waals surface area contributed by atoms with Crippen LogP contribution in [0.4, 0.5) is 0 Å². The molecule has 4 rings (SSSR count). The fraction of sp³-hybridized carbons (Fsp3) is 0.182. The minimum Gasteiger partial charge on any atom is -0.436 e. The van der Waals surface area contributed by atoms with E-state index >= 15 is 0 Å². The SMILES string of the molecule is COP(=O)(OC)Oc1ccc(OP(=O)(OC)OC)c(P2(=O)Oc3ccccc3-c3ccccc32)c1. The molecule has 3 aromatic rings. The number of phosphoric ester groups is 2. The van der Waals surface area contributed by atoms with Crippen LogP contribution in [-0.4, -0.2) is 28.4 Å². The number of fused-ring (bicyclic) bond motifs is 3. The summed E-state index contributed by atoms with van der Waals surface area (Å²) < 4.78 is 76.7. The summed E-state index contributed by atoms with van der Waals surface area (Å²) in [6.45, 7) is 0. The molecular weight excluding hydrogens is 517 g/mol. The van der Waals surface area contributed by atoms with E-state index in [4.69, 9.17) is 31.7 Å². The average Bonchev–Trinajstić information content (AvgIpc) is 2.89. The van der Waals surface area contributed by atoms with E-state index in [0.717, 1.165) is 34.0 Å². The Morgan fingerprint density at radius 3 is 1.91 bits per heavy atom. The zero-order valence-electron chi connectivity index (χ0n) is 19.3. The molecule has 10 nitrogen and oxygen atoms in total. The smallest absolute Gasteiger partial charge is 0.436 e. The Hall–Kier alpha value is -2.41. The molecule has 0 saturated heterocycles. The van der Waals surface area contributed by atoms with Gasteiger partial charge < -0.3 is 13.6 Å². The van der Waals surface area contributed by atoms with E-state index in [1.165, 1.54) is 18.2 Å². The Morgan fingerprint density at radius 1 is 0.686 bits per heavy atom. The van der Waals surface area contributed by atoms with Crippen LogP contribution in [-0.2, 0) is 31.8 Å². The zero-order valence-corrected chi connectivity index (χ0v) is 22.0. The summed E-state index contributed by atoms with van der Waals surface area (Å²) in [6, 6.07) is 18.2. The van der Waals surface area contributed by atoms with Gasteiger partial charge in [-0.3, -0.25) is 22.7 Å². The van der Waals surface area contributed by atoms with Crippen molar-refractivity contribution in [2.24, 2.45) is 0 Å². The molecule has 0 radical (unpaired) electrons. The maximum atomic E-state index is 14.7. The molecule has 3 aromatic carbocycles. The van der Waals surface area contributed by atoms with Gasteiger partial charge in [0.05, 0.1) is 10.6 Å². The lowest BCUT2D eigenvalue weighted by atomic mass is 10.0. The summed E-state index contributed by atoms with van der Waals surface area (Å²) in [5, 5.41) is 0.358. The molecule has 1 atom stereocenters. The highest BCUT2D eigenvalue weighted by molar-refractivity contribution is 7.75. The molecular formula is C22H23O10P3. The van der Waals surface area contributed by atoms with Crippen LogP contribution in [0.15, 0.2) is 66.7 Å². The summed E-state index contributed by atoms with van der Waals surface area (Å²) in [5.74, 6) is 0.263. The third kappa shape index (κ3) is 4.84. The van der Waals surface area contributed by atoms with Crippen LogP contribution in [0.25, 0.3) is 11.1 Å². The van der Waals surface area contributed by atoms with E-state index in [9.17, 15) is 13.7 Å². The maximum absolute atomic E-state index is 14.7. The van der Waals surface area contributed by atoms with Crippen molar-refractivity contribution in [3.63, 3.8) is 0 Å². The van der Waals surface area contributed by atoms with Crippen LogP contribution in [0, 0.1) is 0 Å². The Morgan fingerprint density at radius 2 is 1.26 bits per heavy atom. The normalized spacial score (nSPS) is 17.1. The molecule has 0 aromatic heterocycles. The van der Waals surface area contributed by atoms with E-state index in [1.807, 2.05) is 24.3 Å². The van der Waals surface area contributed by atoms with Gasteiger partial charge in [0.2, 0.25) is 0 Å². The van der Waals surface area contributed by atoms with Crippen LogP contribution < -0.4 is 24.2 Å². The van der Waals surface area contributed by atoms with Crippen molar-refractivity contribution in [1.29, 1.82) is 0 Å². The molecule has 0 bridgehead atoms. The van der Waals surface area contributed by atoms with Crippen molar-refractivity contribution in [2.75, 3.05) is 28.4 Å². The summed E-state index contributed by atoms with van der Waals surface area (Å²) >= 11 is 0. The second-order valence-corrected chi connectivity index (χ2v) is 13.0. The molecule has 0 N–H and O–H groups in total. The van der Waals surface area contributed by atoms with E-state index in [0.29, 0.717) is 16.6 Å². The highest BCUT2D eigenvalue weighted by atomic mass is 31.2. The van der Waals surface area contributed by atoms with Gasteiger partial charge in [-0.1, -0.05) is 36.4 Å². The Balaban J connectivity index is 1.94. The second-order valence-electron chi connectivity index (χ2n) is 7.09. The lowest BCUT2D eigenvalue weighted by Gasteiger charge is -2.30. The lowest BCUT2D eigenvalue weighted by molar-refractivity contribution is 0.208. The van der Waals surface area contributed by atoms with Gasteiger partial charge in [-0.25, -0.2) is 9.13 Å². The minimum absolute atomic E-state index is 0.0146. The molecule has 35 heavy (non-hydrogen) atoms. The highest BCUT2D eigenvalue weighted by Crippen LogP contribution is 2.58. The maximum Gasteiger partial charge on any atom is 0.529 e. The van der Waals surface area contributed by atoms with Crippen molar-refractivity contribution >= 4 is 33.6 Å². The first kappa shape index (κ1) is 25.7. The number of benzene rings is 3. The number of rotatable bonds is 9. The second kappa shape index (κ2) is 9.92. The van der Waals surface area contributed by atoms with Crippen LogP contribution in [0.3, 0.4) is 0 Å². The van der Waals surface area contributed by atoms with Crippen molar-refractivity contribution in [2.45, 2.75) is 0 Å². The van der Waals surface area contributed by atoms with E-state index in [-0.39, 0.29) is 16.8 Å². The standard InChI is InChI=1S/C22H23O10P3/c1-26-34(24,27-2)30-16-13-14-20(32-35(25,28-3)29-4)22(15-16)33(23)21-12-8-6-10-18(21)17-9-5-7-11-19(17)31-33/h5-15H,1-4H3. The molecule has 0 aliphatic carbocycles. The first-order chi connectivity index (χ1) is 16.7. The fourth-order valence-corrected chi connectivity index (χ4v) is 7.34. The average molecular weight is 540 g/mol. The van der Waals surface area contributed by atoms with Crippen molar-refractivity contribution in [3.8, 4) is 28.4 Å². The van der Waals surface area contributed by atoms with Gasteiger partial charge in [0.25, 0.3) is 0 Å². The molecule has 0 fully saturated rings. The lowest BCUT2D eigenvalue weighted by Crippen LogP contribution is -2.26. The Labute approximate surface area is 202 Å².